The van der Waals surface area contributed by atoms with Gasteiger partial charge in [0.2, 0.25) is 0 Å². The molecule has 0 unspecified atom stereocenters. The van der Waals surface area contributed by atoms with Crippen LogP contribution >= 0.6 is 0 Å². The van der Waals surface area contributed by atoms with E-state index in [0.29, 0.717) is 13.1 Å². The van der Waals surface area contributed by atoms with Gasteiger partial charge in [0.05, 0.1) is 11.4 Å². The van der Waals surface area contributed by atoms with Gasteiger partial charge >= 0.3 is 0 Å². The van der Waals surface area contributed by atoms with Crippen LogP contribution in [0.15, 0.2) is 12.4 Å². The van der Waals surface area contributed by atoms with E-state index in [1.165, 1.54) is 8.61 Å². The summed E-state index contributed by atoms with van der Waals surface area (Å²) in [7, 11) is -0.211. The second-order valence-corrected chi connectivity index (χ2v) is 7.22. The molecule has 1 atom stereocenters. The third kappa shape index (κ3) is 3.10. The molecule has 1 aromatic rings. The van der Waals surface area contributed by atoms with Crippen LogP contribution in [0.4, 0.5) is 0 Å². The normalized spacial score (nSPS) is 21.8. The Hall–Kier alpha value is -1.05. The number of nitrogens with zero attached hydrogens (tertiary/aromatic N) is 4. The standard InChI is InChI=1S/C12H20N4O2S/c1-10-7-13-8-12(14-10)11-5-4-6-16(9-11)19(17,18)15(2)3/h7-8,11H,4-6,9H2,1-3H3/t11-/m0/s1. The van der Waals surface area contributed by atoms with E-state index in [1.54, 1.807) is 26.5 Å². The molecule has 0 aromatic carbocycles. The van der Waals surface area contributed by atoms with Gasteiger partial charge in [-0.25, -0.2) is 0 Å². The lowest BCUT2D eigenvalue weighted by Crippen LogP contribution is -2.45. The molecule has 2 rings (SSSR count). The molecule has 1 fully saturated rings. The van der Waals surface area contributed by atoms with Crippen LogP contribution in [-0.4, -0.2) is 54.2 Å². The summed E-state index contributed by atoms with van der Waals surface area (Å²) in [4.78, 5) is 8.60. The second-order valence-electron chi connectivity index (χ2n) is 5.07. The first-order valence-electron chi connectivity index (χ1n) is 6.37. The number of rotatable bonds is 3. The summed E-state index contributed by atoms with van der Waals surface area (Å²) < 4.78 is 27.1. The Morgan fingerprint density at radius 3 is 2.74 bits per heavy atom. The van der Waals surface area contributed by atoms with E-state index < -0.39 is 10.2 Å². The fourth-order valence-corrected chi connectivity index (χ4v) is 3.49. The van der Waals surface area contributed by atoms with Gasteiger partial charge in [-0.3, -0.25) is 9.97 Å². The Labute approximate surface area is 114 Å². The summed E-state index contributed by atoms with van der Waals surface area (Å²) in [6.07, 6.45) is 5.26. The Kier molecular flexibility index (Phi) is 4.17. The van der Waals surface area contributed by atoms with E-state index in [1.807, 2.05) is 6.92 Å². The maximum atomic E-state index is 12.1. The number of hydrogen-bond acceptors (Lipinski definition) is 4. The average Bonchev–Trinajstić information content (AvgIpc) is 2.38. The van der Waals surface area contributed by atoms with Gasteiger partial charge < -0.3 is 0 Å². The summed E-state index contributed by atoms with van der Waals surface area (Å²) in [5.41, 5.74) is 1.75. The molecule has 1 aromatic heterocycles. The van der Waals surface area contributed by atoms with Crippen molar-refractivity contribution in [1.29, 1.82) is 0 Å². The number of hydrogen-bond donors (Lipinski definition) is 0. The van der Waals surface area contributed by atoms with Crippen molar-refractivity contribution in [1.82, 2.24) is 18.6 Å². The lowest BCUT2D eigenvalue weighted by atomic mass is 9.96. The zero-order chi connectivity index (χ0) is 14.0. The molecule has 19 heavy (non-hydrogen) atoms. The van der Waals surface area contributed by atoms with Crippen molar-refractivity contribution >= 4 is 10.2 Å². The van der Waals surface area contributed by atoms with Gasteiger partial charge in [0.25, 0.3) is 10.2 Å². The average molecular weight is 284 g/mol. The van der Waals surface area contributed by atoms with Crippen LogP contribution in [0.2, 0.25) is 0 Å². The third-order valence-corrected chi connectivity index (χ3v) is 5.27. The molecule has 1 aliphatic heterocycles. The van der Waals surface area contributed by atoms with Crippen molar-refractivity contribution in [2.75, 3.05) is 27.2 Å². The van der Waals surface area contributed by atoms with Gasteiger partial charge in [0.15, 0.2) is 0 Å². The van der Waals surface area contributed by atoms with E-state index in [2.05, 4.69) is 9.97 Å². The van der Waals surface area contributed by atoms with E-state index in [9.17, 15) is 8.42 Å². The number of piperidine rings is 1. The van der Waals surface area contributed by atoms with Crippen LogP contribution < -0.4 is 0 Å². The minimum Gasteiger partial charge on any atom is -0.261 e. The summed E-state index contributed by atoms with van der Waals surface area (Å²) in [5, 5.41) is 0. The monoisotopic (exact) mass is 284 g/mol. The highest BCUT2D eigenvalue weighted by Crippen LogP contribution is 2.27. The van der Waals surface area contributed by atoms with Gasteiger partial charge in [0.1, 0.15) is 0 Å². The van der Waals surface area contributed by atoms with Gasteiger partial charge in [-0.15, -0.1) is 0 Å². The topological polar surface area (TPSA) is 66.4 Å². The molecule has 0 N–H and O–H groups in total. The molecular formula is C12H20N4O2S. The molecule has 0 spiro atoms. The first-order chi connectivity index (χ1) is 8.91. The summed E-state index contributed by atoms with van der Waals surface area (Å²) in [5.74, 6) is 0.135. The van der Waals surface area contributed by atoms with Crippen LogP contribution in [0.5, 0.6) is 0 Å². The predicted molar refractivity (Wildman–Crippen MR) is 72.9 cm³/mol. The lowest BCUT2D eigenvalue weighted by molar-refractivity contribution is 0.295. The molecule has 1 saturated heterocycles. The molecule has 0 amide bonds. The largest absolute Gasteiger partial charge is 0.281 e. The Morgan fingerprint density at radius 2 is 2.11 bits per heavy atom. The summed E-state index contributed by atoms with van der Waals surface area (Å²) in [6, 6.07) is 0. The highest BCUT2D eigenvalue weighted by Gasteiger charge is 2.31. The molecule has 106 valence electrons. The fraction of sp³-hybridized carbons (Fsp3) is 0.667. The highest BCUT2D eigenvalue weighted by atomic mass is 32.2. The Balaban J connectivity index is 2.18. The fourth-order valence-electron chi connectivity index (χ4n) is 2.30. The SMILES string of the molecule is Cc1cncc([C@H]2CCCN(S(=O)(=O)N(C)C)C2)n1. The molecule has 7 heteroatoms. The second kappa shape index (κ2) is 5.52. The summed E-state index contributed by atoms with van der Waals surface area (Å²) >= 11 is 0. The minimum absolute atomic E-state index is 0.135. The molecule has 2 heterocycles. The van der Waals surface area contributed by atoms with E-state index in [4.69, 9.17) is 0 Å². The first kappa shape index (κ1) is 14.4. The molecule has 6 nitrogen and oxygen atoms in total. The van der Waals surface area contributed by atoms with Gasteiger partial charge in [-0.2, -0.15) is 17.0 Å². The smallest absolute Gasteiger partial charge is 0.261 e. The van der Waals surface area contributed by atoms with Crippen LogP contribution in [0.3, 0.4) is 0 Å². The van der Waals surface area contributed by atoms with Crippen molar-refractivity contribution in [2.24, 2.45) is 0 Å². The quantitative estimate of drug-likeness (QED) is 0.822. The number of aryl methyl sites for hydroxylation is 1. The van der Waals surface area contributed by atoms with Crippen LogP contribution in [0, 0.1) is 6.92 Å². The van der Waals surface area contributed by atoms with Crippen molar-refractivity contribution in [2.45, 2.75) is 25.7 Å². The number of aromatic nitrogens is 2. The van der Waals surface area contributed by atoms with E-state index in [0.717, 1.165) is 24.2 Å². The van der Waals surface area contributed by atoms with Crippen LogP contribution in [0.25, 0.3) is 0 Å². The Morgan fingerprint density at radius 1 is 1.37 bits per heavy atom. The molecule has 0 saturated carbocycles. The van der Waals surface area contributed by atoms with Crippen LogP contribution in [-0.2, 0) is 10.2 Å². The maximum Gasteiger partial charge on any atom is 0.281 e. The van der Waals surface area contributed by atoms with Crippen molar-refractivity contribution in [3.63, 3.8) is 0 Å². The van der Waals surface area contributed by atoms with Crippen molar-refractivity contribution < 1.29 is 8.42 Å². The van der Waals surface area contributed by atoms with E-state index in [-0.39, 0.29) is 5.92 Å². The van der Waals surface area contributed by atoms with Crippen LogP contribution in [0.1, 0.15) is 30.1 Å². The molecular weight excluding hydrogens is 264 g/mol. The third-order valence-electron chi connectivity index (χ3n) is 3.36. The highest BCUT2D eigenvalue weighted by molar-refractivity contribution is 7.86. The lowest BCUT2D eigenvalue weighted by Gasteiger charge is -2.33. The van der Waals surface area contributed by atoms with Gasteiger partial charge in [-0.1, -0.05) is 0 Å². The zero-order valence-electron chi connectivity index (χ0n) is 11.6. The minimum atomic E-state index is -3.33. The van der Waals surface area contributed by atoms with Gasteiger partial charge in [0, 0.05) is 45.5 Å². The summed E-state index contributed by atoms with van der Waals surface area (Å²) in [6.45, 7) is 2.96. The van der Waals surface area contributed by atoms with E-state index >= 15 is 0 Å². The maximum absolute atomic E-state index is 12.1. The molecule has 0 aliphatic carbocycles. The van der Waals surface area contributed by atoms with Crippen molar-refractivity contribution in [3.05, 3.63) is 23.8 Å². The van der Waals surface area contributed by atoms with Gasteiger partial charge in [-0.05, 0) is 19.8 Å². The first-order valence-corrected chi connectivity index (χ1v) is 7.77. The molecule has 0 radical (unpaired) electrons. The molecule has 1 aliphatic rings. The van der Waals surface area contributed by atoms with Crippen molar-refractivity contribution in [3.8, 4) is 0 Å². The molecule has 0 bridgehead atoms. The zero-order valence-corrected chi connectivity index (χ0v) is 12.4. The predicted octanol–water partition coefficient (Wildman–Crippen LogP) is 0.771. The Bertz CT molecular complexity index is 544.